The van der Waals surface area contributed by atoms with Gasteiger partial charge in [0, 0.05) is 51.7 Å². The maximum Gasteiger partial charge on any atom is 0.0585 e. The van der Waals surface area contributed by atoms with E-state index in [0.29, 0.717) is 17.8 Å². The molecule has 1 aliphatic heterocycles. The third-order valence-electron chi connectivity index (χ3n) is 5.44. The molecule has 1 aliphatic carbocycles. The van der Waals surface area contributed by atoms with Crippen LogP contribution < -0.4 is 0 Å². The summed E-state index contributed by atoms with van der Waals surface area (Å²) in [5.41, 5.74) is 0. The van der Waals surface area contributed by atoms with Crippen LogP contribution in [-0.2, 0) is 0 Å². The van der Waals surface area contributed by atoms with Gasteiger partial charge in [-0.15, -0.1) is 0 Å². The first-order valence-electron chi connectivity index (χ1n) is 8.73. The molecule has 1 N–H and O–H groups in total. The molecular weight excluding hydrogens is 262 g/mol. The number of aliphatic hydroxyl groups excluding tert-OH is 1. The fraction of sp³-hybridized carbons (Fsp3) is 1.00. The second-order valence-electron chi connectivity index (χ2n) is 7.73. The summed E-state index contributed by atoms with van der Waals surface area (Å²) in [4.78, 5) is 7.40. The Balaban J connectivity index is 1.73. The van der Waals surface area contributed by atoms with E-state index in [0.717, 1.165) is 19.5 Å². The van der Waals surface area contributed by atoms with Crippen molar-refractivity contribution in [2.75, 3.05) is 59.9 Å². The highest BCUT2D eigenvalue weighted by atomic mass is 16.3. The average Bonchev–Trinajstić information content (AvgIpc) is 2.41. The molecule has 4 unspecified atom stereocenters. The summed E-state index contributed by atoms with van der Waals surface area (Å²) in [7, 11) is 4.28. The molecule has 2 aliphatic rings. The summed E-state index contributed by atoms with van der Waals surface area (Å²) in [6, 6.07) is 0. The lowest BCUT2D eigenvalue weighted by Crippen LogP contribution is -2.51. The molecule has 0 bridgehead atoms. The van der Waals surface area contributed by atoms with Crippen LogP contribution in [0.1, 0.15) is 26.7 Å². The Labute approximate surface area is 131 Å². The summed E-state index contributed by atoms with van der Waals surface area (Å²) in [6.45, 7) is 12.7. The molecule has 1 saturated carbocycles. The van der Waals surface area contributed by atoms with Crippen LogP contribution in [0.15, 0.2) is 0 Å². The first-order chi connectivity index (χ1) is 9.95. The molecule has 1 heterocycles. The van der Waals surface area contributed by atoms with Crippen LogP contribution in [0.2, 0.25) is 0 Å². The SMILES string of the molecule is CC1CC(C)C(CN2CCN(CCN(C)C)CC2)C(O)C1. The first-order valence-corrected chi connectivity index (χ1v) is 8.73. The Hall–Kier alpha value is -0.160. The van der Waals surface area contributed by atoms with Crippen molar-refractivity contribution in [3.8, 4) is 0 Å². The number of likely N-dealkylation sites (N-methyl/N-ethyl adjacent to an activating group) is 1. The molecule has 124 valence electrons. The van der Waals surface area contributed by atoms with Gasteiger partial charge in [-0.05, 0) is 38.8 Å². The topological polar surface area (TPSA) is 30.0 Å². The van der Waals surface area contributed by atoms with Crippen molar-refractivity contribution in [3.05, 3.63) is 0 Å². The highest BCUT2D eigenvalue weighted by Gasteiger charge is 2.34. The van der Waals surface area contributed by atoms with Crippen molar-refractivity contribution in [2.24, 2.45) is 17.8 Å². The minimum absolute atomic E-state index is 0.0875. The maximum absolute atomic E-state index is 10.4. The van der Waals surface area contributed by atoms with Gasteiger partial charge in [-0.1, -0.05) is 13.8 Å². The minimum Gasteiger partial charge on any atom is -0.393 e. The number of nitrogens with zero attached hydrogens (tertiary/aromatic N) is 3. The van der Waals surface area contributed by atoms with Gasteiger partial charge >= 0.3 is 0 Å². The highest BCUT2D eigenvalue weighted by Crippen LogP contribution is 2.34. The largest absolute Gasteiger partial charge is 0.393 e. The third-order valence-corrected chi connectivity index (χ3v) is 5.44. The van der Waals surface area contributed by atoms with Crippen LogP contribution in [0.25, 0.3) is 0 Å². The maximum atomic E-state index is 10.4. The number of rotatable bonds is 5. The van der Waals surface area contributed by atoms with E-state index in [1.807, 2.05) is 0 Å². The normalized spacial score (nSPS) is 36.3. The van der Waals surface area contributed by atoms with Gasteiger partial charge < -0.3 is 14.9 Å². The monoisotopic (exact) mass is 297 g/mol. The van der Waals surface area contributed by atoms with Gasteiger partial charge in [-0.25, -0.2) is 0 Å². The summed E-state index contributed by atoms with van der Waals surface area (Å²) >= 11 is 0. The Bertz CT molecular complexity index is 290. The summed E-state index contributed by atoms with van der Waals surface area (Å²) in [6.07, 6.45) is 2.19. The predicted octanol–water partition coefficient (Wildman–Crippen LogP) is 1.21. The van der Waals surface area contributed by atoms with Crippen molar-refractivity contribution in [1.29, 1.82) is 0 Å². The van der Waals surface area contributed by atoms with E-state index >= 15 is 0 Å². The molecule has 0 spiro atoms. The molecule has 1 saturated heterocycles. The number of hydrogen-bond donors (Lipinski definition) is 1. The van der Waals surface area contributed by atoms with E-state index in [1.54, 1.807) is 0 Å². The summed E-state index contributed by atoms with van der Waals surface area (Å²) in [5, 5.41) is 10.4. The second kappa shape index (κ2) is 7.91. The molecule has 2 fully saturated rings. The Morgan fingerprint density at radius 2 is 1.62 bits per heavy atom. The van der Waals surface area contributed by atoms with Crippen LogP contribution in [0.3, 0.4) is 0 Å². The van der Waals surface area contributed by atoms with Crippen molar-refractivity contribution in [1.82, 2.24) is 14.7 Å². The van der Waals surface area contributed by atoms with Gasteiger partial charge in [-0.2, -0.15) is 0 Å². The molecule has 0 radical (unpaired) electrons. The van der Waals surface area contributed by atoms with Crippen LogP contribution in [0.5, 0.6) is 0 Å². The zero-order valence-corrected chi connectivity index (χ0v) is 14.5. The van der Waals surface area contributed by atoms with Gasteiger partial charge in [0.05, 0.1) is 6.10 Å². The summed E-state index contributed by atoms with van der Waals surface area (Å²) in [5.74, 6) is 1.83. The molecule has 0 aromatic rings. The van der Waals surface area contributed by atoms with E-state index in [9.17, 15) is 5.11 Å². The van der Waals surface area contributed by atoms with Crippen LogP contribution in [-0.4, -0.2) is 85.8 Å². The standard InChI is InChI=1S/C17H35N3O/c1-14-11-15(2)16(17(21)12-14)13-20-9-7-19(8-10-20)6-5-18(3)4/h14-17,21H,5-13H2,1-4H3. The van der Waals surface area contributed by atoms with Gasteiger partial charge in [0.1, 0.15) is 0 Å². The average molecular weight is 297 g/mol. The van der Waals surface area contributed by atoms with Gasteiger partial charge in [0.25, 0.3) is 0 Å². The Morgan fingerprint density at radius 1 is 1.00 bits per heavy atom. The Morgan fingerprint density at radius 3 is 2.19 bits per heavy atom. The van der Waals surface area contributed by atoms with Gasteiger partial charge in [0.15, 0.2) is 0 Å². The Kier molecular flexibility index (Phi) is 6.48. The zero-order valence-electron chi connectivity index (χ0n) is 14.5. The van der Waals surface area contributed by atoms with E-state index in [-0.39, 0.29) is 6.10 Å². The van der Waals surface area contributed by atoms with E-state index < -0.39 is 0 Å². The molecule has 4 nitrogen and oxygen atoms in total. The lowest BCUT2D eigenvalue weighted by Gasteiger charge is -2.42. The fourth-order valence-corrected chi connectivity index (χ4v) is 4.01. The molecule has 4 heteroatoms. The third kappa shape index (κ3) is 5.20. The molecule has 4 atom stereocenters. The molecule has 21 heavy (non-hydrogen) atoms. The minimum atomic E-state index is -0.0875. The second-order valence-corrected chi connectivity index (χ2v) is 7.73. The smallest absolute Gasteiger partial charge is 0.0585 e. The lowest BCUT2D eigenvalue weighted by molar-refractivity contribution is -0.00981. The molecule has 0 amide bonds. The first kappa shape index (κ1) is 17.2. The number of hydrogen-bond acceptors (Lipinski definition) is 4. The lowest BCUT2D eigenvalue weighted by atomic mass is 9.73. The van der Waals surface area contributed by atoms with E-state index in [4.69, 9.17) is 0 Å². The predicted molar refractivity (Wildman–Crippen MR) is 88.5 cm³/mol. The number of piperazine rings is 1. The van der Waals surface area contributed by atoms with E-state index in [2.05, 4.69) is 42.6 Å². The van der Waals surface area contributed by atoms with E-state index in [1.165, 1.54) is 39.1 Å². The fourth-order valence-electron chi connectivity index (χ4n) is 4.01. The van der Waals surface area contributed by atoms with Crippen LogP contribution in [0, 0.1) is 17.8 Å². The van der Waals surface area contributed by atoms with Crippen molar-refractivity contribution in [3.63, 3.8) is 0 Å². The molecule has 0 aromatic carbocycles. The van der Waals surface area contributed by atoms with Crippen LogP contribution in [0.4, 0.5) is 0 Å². The van der Waals surface area contributed by atoms with Crippen molar-refractivity contribution >= 4 is 0 Å². The quantitative estimate of drug-likeness (QED) is 0.826. The summed E-state index contributed by atoms with van der Waals surface area (Å²) < 4.78 is 0. The zero-order chi connectivity index (χ0) is 15.4. The van der Waals surface area contributed by atoms with Gasteiger partial charge in [-0.3, -0.25) is 4.90 Å². The number of aliphatic hydroxyl groups is 1. The molecule has 0 aromatic heterocycles. The highest BCUT2D eigenvalue weighted by molar-refractivity contribution is 4.86. The van der Waals surface area contributed by atoms with Gasteiger partial charge in [0.2, 0.25) is 0 Å². The molecular formula is C17H35N3O. The molecule has 2 rings (SSSR count). The van der Waals surface area contributed by atoms with Crippen molar-refractivity contribution < 1.29 is 5.11 Å². The van der Waals surface area contributed by atoms with Crippen LogP contribution >= 0.6 is 0 Å². The van der Waals surface area contributed by atoms with Crippen molar-refractivity contribution in [2.45, 2.75) is 32.8 Å².